The maximum Gasteiger partial charge on any atom is 0.407 e. The topological polar surface area (TPSA) is 66.8 Å². The van der Waals surface area contributed by atoms with Gasteiger partial charge in [-0.2, -0.15) is 0 Å². The van der Waals surface area contributed by atoms with E-state index in [-0.39, 0.29) is 5.97 Å². The fourth-order valence-electron chi connectivity index (χ4n) is 1.48. The Morgan fingerprint density at radius 3 is 2.53 bits per heavy atom. The van der Waals surface area contributed by atoms with E-state index < -0.39 is 6.09 Å². The molecule has 5 heteroatoms. The van der Waals surface area contributed by atoms with Crippen LogP contribution < -0.4 is 0 Å². The largest absolute Gasteiger partial charge is 0.465 e. The molecule has 0 atom stereocenters. The summed E-state index contributed by atoms with van der Waals surface area (Å²) in [4.78, 5) is 23.0. The molecule has 0 aromatic rings. The SMILES string of the molecule is CCOC(=O)C=C1CCN(C(=O)O)CC1. The molecule has 0 radical (unpaired) electrons. The Hall–Kier alpha value is -1.52. The lowest BCUT2D eigenvalue weighted by atomic mass is 10.0. The normalized spacial score (nSPS) is 16.1. The summed E-state index contributed by atoms with van der Waals surface area (Å²) < 4.78 is 4.77. The van der Waals surface area contributed by atoms with Crippen molar-refractivity contribution in [3.8, 4) is 0 Å². The first-order valence-corrected chi connectivity index (χ1v) is 4.97. The predicted octanol–water partition coefficient (Wildman–Crippen LogP) is 1.25. The van der Waals surface area contributed by atoms with Crippen molar-refractivity contribution in [2.24, 2.45) is 0 Å². The minimum atomic E-state index is -0.898. The minimum Gasteiger partial charge on any atom is -0.465 e. The van der Waals surface area contributed by atoms with Gasteiger partial charge in [0.2, 0.25) is 0 Å². The van der Waals surface area contributed by atoms with Crippen molar-refractivity contribution >= 4 is 12.1 Å². The van der Waals surface area contributed by atoms with Gasteiger partial charge in [-0.1, -0.05) is 5.57 Å². The first kappa shape index (κ1) is 11.6. The highest BCUT2D eigenvalue weighted by Gasteiger charge is 2.18. The summed E-state index contributed by atoms with van der Waals surface area (Å²) in [5.41, 5.74) is 0.964. The molecule has 0 spiro atoms. The van der Waals surface area contributed by atoms with E-state index in [0.717, 1.165) is 5.57 Å². The smallest absolute Gasteiger partial charge is 0.407 e. The zero-order chi connectivity index (χ0) is 11.3. The molecular weight excluding hydrogens is 198 g/mol. The van der Waals surface area contributed by atoms with Crippen LogP contribution in [0.1, 0.15) is 19.8 Å². The zero-order valence-corrected chi connectivity index (χ0v) is 8.73. The summed E-state index contributed by atoms with van der Waals surface area (Å²) in [7, 11) is 0. The number of rotatable bonds is 2. The van der Waals surface area contributed by atoms with E-state index in [9.17, 15) is 9.59 Å². The first-order chi connectivity index (χ1) is 7.13. The van der Waals surface area contributed by atoms with E-state index in [1.165, 1.54) is 11.0 Å². The molecule has 0 aromatic heterocycles. The number of carbonyl (C=O) groups excluding carboxylic acids is 1. The Morgan fingerprint density at radius 1 is 1.47 bits per heavy atom. The average molecular weight is 213 g/mol. The van der Waals surface area contributed by atoms with Gasteiger partial charge in [-0.05, 0) is 19.8 Å². The lowest BCUT2D eigenvalue weighted by Gasteiger charge is -2.25. The molecule has 1 fully saturated rings. The van der Waals surface area contributed by atoms with Gasteiger partial charge < -0.3 is 14.7 Å². The monoisotopic (exact) mass is 213 g/mol. The fourth-order valence-corrected chi connectivity index (χ4v) is 1.48. The summed E-state index contributed by atoms with van der Waals surface area (Å²) in [5, 5.41) is 8.71. The van der Waals surface area contributed by atoms with Gasteiger partial charge >= 0.3 is 12.1 Å². The Kier molecular flexibility index (Phi) is 4.15. The number of nitrogens with zero attached hydrogens (tertiary/aromatic N) is 1. The van der Waals surface area contributed by atoms with Gasteiger partial charge in [0.25, 0.3) is 0 Å². The molecular formula is C10H15NO4. The highest BCUT2D eigenvalue weighted by atomic mass is 16.5. The molecule has 1 aliphatic rings. The average Bonchev–Trinajstić information content (AvgIpc) is 2.18. The van der Waals surface area contributed by atoms with Crippen LogP contribution in [-0.4, -0.2) is 41.8 Å². The highest BCUT2D eigenvalue weighted by molar-refractivity contribution is 5.82. The third kappa shape index (κ3) is 3.61. The number of carbonyl (C=O) groups is 2. The van der Waals surface area contributed by atoms with Crippen molar-refractivity contribution in [1.29, 1.82) is 0 Å². The van der Waals surface area contributed by atoms with Crippen LogP contribution in [0, 0.1) is 0 Å². The second-order valence-electron chi connectivity index (χ2n) is 3.32. The number of esters is 1. The van der Waals surface area contributed by atoms with Crippen molar-refractivity contribution in [3.05, 3.63) is 11.6 Å². The summed E-state index contributed by atoms with van der Waals surface area (Å²) in [5.74, 6) is -0.337. The Bertz CT molecular complexity index is 275. The molecule has 0 unspecified atom stereocenters. The molecule has 1 saturated heterocycles. The van der Waals surface area contributed by atoms with Crippen LogP contribution in [0.25, 0.3) is 0 Å². The van der Waals surface area contributed by atoms with Crippen LogP contribution in [0.2, 0.25) is 0 Å². The summed E-state index contributed by atoms with van der Waals surface area (Å²) in [6.45, 7) is 3.04. The lowest BCUT2D eigenvalue weighted by molar-refractivity contribution is -0.137. The number of likely N-dealkylation sites (tertiary alicyclic amines) is 1. The minimum absolute atomic E-state index is 0.337. The molecule has 5 nitrogen and oxygen atoms in total. The molecule has 84 valence electrons. The quantitative estimate of drug-likeness (QED) is 0.553. The van der Waals surface area contributed by atoms with Crippen molar-refractivity contribution in [3.63, 3.8) is 0 Å². The van der Waals surface area contributed by atoms with Gasteiger partial charge in [-0.3, -0.25) is 0 Å². The van der Waals surface area contributed by atoms with Gasteiger partial charge in [0.05, 0.1) is 6.61 Å². The van der Waals surface area contributed by atoms with Gasteiger partial charge in [0, 0.05) is 19.2 Å². The standard InChI is InChI=1S/C10H15NO4/c1-2-15-9(12)7-8-3-5-11(6-4-8)10(13)14/h7H,2-6H2,1H3,(H,13,14). The molecule has 1 aliphatic heterocycles. The molecule has 0 aromatic carbocycles. The first-order valence-electron chi connectivity index (χ1n) is 4.97. The van der Waals surface area contributed by atoms with E-state index in [1.807, 2.05) is 0 Å². The number of amides is 1. The third-order valence-corrected chi connectivity index (χ3v) is 2.28. The molecule has 0 bridgehead atoms. The Labute approximate surface area is 88.3 Å². The van der Waals surface area contributed by atoms with Crippen LogP contribution in [0.4, 0.5) is 4.79 Å². The van der Waals surface area contributed by atoms with Crippen molar-refractivity contribution in [2.75, 3.05) is 19.7 Å². The van der Waals surface area contributed by atoms with E-state index in [4.69, 9.17) is 9.84 Å². The van der Waals surface area contributed by atoms with Crippen LogP contribution >= 0.6 is 0 Å². The summed E-state index contributed by atoms with van der Waals surface area (Å²) in [6.07, 6.45) is 1.81. The molecule has 0 aliphatic carbocycles. The van der Waals surface area contributed by atoms with Crippen molar-refractivity contribution < 1.29 is 19.4 Å². The van der Waals surface area contributed by atoms with Gasteiger partial charge in [-0.15, -0.1) is 0 Å². The molecule has 0 saturated carbocycles. The maximum atomic E-state index is 11.1. The van der Waals surface area contributed by atoms with Gasteiger partial charge in [0.1, 0.15) is 0 Å². The molecule has 1 heterocycles. The number of hydrogen-bond donors (Lipinski definition) is 1. The number of carboxylic acid groups (broad SMARTS) is 1. The van der Waals surface area contributed by atoms with Gasteiger partial charge in [-0.25, -0.2) is 9.59 Å². The maximum absolute atomic E-state index is 11.1. The summed E-state index contributed by atoms with van der Waals surface area (Å²) in [6, 6.07) is 0. The summed E-state index contributed by atoms with van der Waals surface area (Å²) >= 11 is 0. The van der Waals surface area contributed by atoms with E-state index >= 15 is 0 Å². The number of ether oxygens (including phenoxy) is 1. The van der Waals surface area contributed by atoms with E-state index in [2.05, 4.69) is 0 Å². The number of hydrogen-bond acceptors (Lipinski definition) is 3. The number of piperidine rings is 1. The second kappa shape index (κ2) is 5.38. The molecule has 1 amide bonds. The molecule has 15 heavy (non-hydrogen) atoms. The van der Waals surface area contributed by atoms with Crippen molar-refractivity contribution in [1.82, 2.24) is 4.90 Å². The lowest BCUT2D eigenvalue weighted by Crippen LogP contribution is -2.35. The second-order valence-corrected chi connectivity index (χ2v) is 3.32. The fraction of sp³-hybridized carbons (Fsp3) is 0.600. The van der Waals surface area contributed by atoms with Gasteiger partial charge in [0.15, 0.2) is 0 Å². The Balaban J connectivity index is 2.43. The Morgan fingerprint density at radius 2 is 2.07 bits per heavy atom. The highest BCUT2D eigenvalue weighted by Crippen LogP contribution is 2.15. The van der Waals surface area contributed by atoms with E-state index in [0.29, 0.717) is 32.5 Å². The zero-order valence-electron chi connectivity index (χ0n) is 8.73. The van der Waals surface area contributed by atoms with Crippen molar-refractivity contribution in [2.45, 2.75) is 19.8 Å². The van der Waals surface area contributed by atoms with Crippen LogP contribution in [0.3, 0.4) is 0 Å². The van der Waals surface area contributed by atoms with Crippen LogP contribution in [0.15, 0.2) is 11.6 Å². The van der Waals surface area contributed by atoms with E-state index in [1.54, 1.807) is 6.92 Å². The third-order valence-electron chi connectivity index (χ3n) is 2.28. The molecule has 1 N–H and O–H groups in total. The van der Waals surface area contributed by atoms with Crippen LogP contribution in [-0.2, 0) is 9.53 Å². The predicted molar refractivity (Wildman–Crippen MR) is 53.5 cm³/mol. The van der Waals surface area contributed by atoms with Crippen LogP contribution in [0.5, 0.6) is 0 Å². The molecule has 1 rings (SSSR count).